The molecule has 3 atom stereocenters. The number of amides is 1. The van der Waals surface area contributed by atoms with Gasteiger partial charge in [-0.25, -0.2) is 0 Å². The van der Waals surface area contributed by atoms with Crippen LogP contribution in [0.2, 0.25) is 0 Å². The second-order valence-electron chi connectivity index (χ2n) is 6.54. The summed E-state index contributed by atoms with van der Waals surface area (Å²) in [6.45, 7) is 4.57. The van der Waals surface area contributed by atoms with Crippen LogP contribution in [0.3, 0.4) is 0 Å². The number of fused-ring (bicyclic) bond motifs is 1. The van der Waals surface area contributed by atoms with Crippen molar-refractivity contribution in [2.45, 2.75) is 31.5 Å². The molecule has 2 aliphatic rings. The topological polar surface area (TPSA) is 69.3 Å². The first-order valence-electron chi connectivity index (χ1n) is 8.52. The minimum atomic E-state index is -0.170. The highest BCUT2D eigenvalue weighted by Crippen LogP contribution is 2.39. The number of hydrogen-bond donors (Lipinski definition) is 1. The van der Waals surface area contributed by atoms with Crippen LogP contribution in [0.25, 0.3) is 0 Å². The van der Waals surface area contributed by atoms with Crippen LogP contribution < -0.4 is 19.5 Å². The molecule has 0 bridgehead atoms. The van der Waals surface area contributed by atoms with Crippen molar-refractivity contribution < 1.29 is 23.7 Å². The quantitative estimate of drug-likeness (QED) is 0.863. The van der Waals surface area contributed by atoms with Crippen LogP contribution in [0.1, 0.15) is 23.7 Å². The Hall–Kier alpha value is -1.99. The van der Waals surface area contributed by atoms with Crippen LogP contribution >= 0.6 is 0 Å². The fourth-order valence-corrected chi connectivity index (χ4v) is 3.69. The van der Waals surface area contributed by atoms with Gasteiger partial charge in [0.25, 0.3) is 5.91 Å². The number of nitrogens with zero attached hydrogens (tertiary/aromatic N) is 1. The van der Waals surface area contributed by atoms with E-state index < -0.39 is 0 Å². The molecule has 1 N–H and O–H groups in total. The third-order valence-electron chi connectivity index (χ3n) is 4.88. The summed E-state index contributed by atoms with van der Waals surface area (Å²) in [6, 6.07) is 3.89. The Balaban J connectivity index is 1.73. The van der Waals surface area contributed by atoms with E-state index in [2.05, 4.69) is 17.1 Å². The van der Waals surface area contributed by atoms with Gasteiger partial charge in [-0.1, -0.05) is 0 Å². The van der Waals surface area contributed by atoms with E-state index in [1.54, 1.807) is 19.2 Å². The van der Waals surface area contributed by atoms with Crippen molar-refractivity contribution in [1.82, 2.24) is 10.2 Å². The van der Waals surface area contributed by atoms with E-state index in [-0.39, 0.29) is 18.1 Å². The highest BCUT2D eigenvalue weighted by atomic mass is 16.5. The highest BCUT2D eigenvalue weighted by molar-refractivity contribution is 5.98. The Bertz CT molecular complexity index is 636. The summed E-state index contributed by atoms with van der Waals surface area (Å²) in [7, 11) is 4.59. The molecule has 1 aromatic carbocycles. The maximum Gasteiger partial charge on any atom is 0.255 e. The molecule has 0 unspecified atom stereocenters. The van der Waals surface area contributed by atoms with E-state index in [4.69, 9.17) is 18.9 Å². The van der Waals surface area contributed by atoms with Crippen molar-refractivity contribution in [3.8, 4) is 17.2 Å². The molecule has 2 aliphatic heterocycles. The van der Waals surface area contributed by atoms with Gasteiger partial charge in [0.15, 0.2) is 11.5 Å². The summed E-state index contributed by atoms with van der Waals surface area (Å²) < 4.78 is 21.7. The summed E-state index contributed by atoms with van der Waals surface area (Å²) in [5.74, 6) is 1.16. The summed E-state index contributed by atoms with van der Waals surface area (Å²) in [4.78, 5) is 15.2. The molecule has 0 aromatic heterocycles. The fourth-order valence-electron chi connectivity index (χ4n) is 3.69. The van der Waals surface area contributed by atoms with E-state index in [0.717, 1.165) is 26.1 Å². The van der Waals surface area contributed by atoms with E-state index in [1.807, 2.05) is 0 Å². The molecule has 25 heavy (non-hydrogen) atoms. The Morgan fingerprint density at radius 3 is 2.60 bits per heavy atom. The lowest BCUT2D eigenvalue weighted by Gasteiger charge is -2.33. The van der Waals surface area contributed by atoms with Crippen LogP contribution in [0, 0.1) is 0 Å². The third kappa shape index (κ3) is 3.52. The Morgan fingerprint density at radius 1 is 1.16 bits per heavy atom. The number of carbonyl (C=O) groups is 1. The van der Waals surface area contributed by atoms with Gasteiger partial charge in [-0.15, -0.1) is 0 Å². The largest absolute Gasteiger partial charge is 0.493 e. The number of carbonyl (C=O) groups excluding carboxylic acids is 1. The zero-order valence-corrected chi connectivity index (χ0v) is 15.2. The molecule has 0 radical (unpaired) electrons. The lowest BCUT2D eigenvalue weighted by atomic mass is 10.1. The van der Waals surface area contributed by atoms with Crippen molar-refractivity contribution in [2.24, 2.45) is 0 Å². The van der Waals surface area contributed by atoms with Gasteiger partial charge in [0.2, 0.25) is 5.75 Å². The van der Waals surface area contributed by atoms with Gasteiger partial charge in [-0.05, 0) is 25.5 Å². The number of benzene rings is 1. The molecule has 3 rings (SSSR count). The minimum Gasteiger partial charge on any atom is -0.493 e. The molecule has 0 spiro atoms. The molecule has 2 fully saturated rings. The van der Waals surface area contributed by atoms with Crippen molar-refractivity contribution in [1.29, 1.82) is 0 Å². The summed E-state index contributed by atoms with van der Waals surface area (Å²) in [6.07, 6.45) is 1.14. The lowest BCUT2D eigenvalue weighted by Crippen LogP contribution is -2.45. The lowest BCUT2D eigenvalue weighted by molar-refractivity contribution is -0.0390. The number of methoxy groups -OCH3 is 3. The predicted molar refractivity (Wildman–Crippen MR) is 92.7 cm³/mol. The van der Waals surface area contributed by atoms with Gasteiger partial charge in [-0.3, -0.25) is 9.69 Å². The Morgan fingerprint density at radius 2 is 1.92 bits per heavy atom. The number of rotatable bonds is 5. The average Bonchev–Trinajstić information content (AvgIpc) is 3.01. The summed E-state index contributed by atoms with van der Waals surface area (Å²) in [5.41, 5.74) is 0.439. The van der Waals surface area contributed by atoms with Crippen LogP contribution in [0.5, 0.6) is 17.2 Å². The third-order valence-corrected chi connectivity index (χ3v) is 4.88. The fraction of sp³-hybridized carbons (Fsp3) is 0.611. The molecule has 7 heteroatoms. The van der Waals surface area contributed by atoms with Gasteiger partial charge < -0.3 is 24.3 Å². The van der Waals surface area contributed by atoms with E-state index in [0.29, 0.717) is 28.9 Å². The second-order valence-corrected chi connectivity index (χ2v) is 6.54. The van der Waals surface area contributed by atoms with Gasteiger partial charge in [0, 0.05) is 25.2 Å². The zero-order valence-electron chi connectivity index (χ0n) is 15.2. The molecule has 0 aliphatic carbocycles. The van der Waals surface area contributed by atoms with Crippen LogP contribution in [-0.2, 0) is 4.74 Å². The van der Waals surface area contributed by atoms with Crippen molar-refractivity contribution in [3.63, 3.8) is 0 Å². The van der Waals surface area contributed by atoms with Crippen LogP contribution in [0.4, 0.5) is 0 Å². The molecule has 2 heterocycles. The zero-order chi connectivity index (χ0) is 18.0. The molecular formula is C18H26N2O5. The number of nitrogens with one attached hydrogen (secondary N) is 1. The molecule has 0 saturated carbocycles. The van der Waals surface area contributed by atoms with E-state index >= 15 is 0 Å². The predicted octanol–water partition coefficient (Wildman–Crippen LogP) is 1.30. The highest BCUT2D eigenvalue weighted by Gasteiger charge is 2.37. The second kappa shape index (κ2) is 7.49. The Labute approximate surface area is 148 Å². The summed E-state index contributed by atoms with van der Waals surface area (Å²) in [5, 5.41) is 3.12. The summed E-state index contributed by atoms with van der Waals surface area (Å²) >= 11 is 0. The van der Waals surface area contributed by atoms with Gasteiger partial charge >= 0.3 is 0 Å². The standard InChI is InChI=1S/C18H26N2O5/c1-11-8-20-9-12(7-13(20)10-25-11)19-18(21)14-5-6-15(22-2)17(24-4)16(14)23-3/h5-6,11-13H,7-10H2,1-4H3,(H,19,21)/t11-,12-,13-/m0/s1. The van der Waals surface area contributed by atoms with Crippen molar-refractivity contribution in [2.75, 3.05) is 41.0 Å². The molecule has 138 valence electrons. The maximum absolute atomic E-state index is 12.8. The van der Waals surface area contributed by atoms with Crippen LogP contribution in [-0.4, -0.2) is 70.0 Å². The Kier molecular flexibility index (Phi) is 5.34. The van der Waals surface area contributed by atoms with Crippen molar-refractivity contribution >= 4 is 5.91 Å². The first kappa shape index (κ1) is 17.8. The SMILES string of the molecule is COc1ccc(C(=O)N[C@H]2C[C@H]3CO[C@@H](C)CN3C2)c(OC)c1OC. The molecule has 1 aromatic rings. The van der Waals surface area contributed by atoms with Crippen molar-refractivity contribution in [3.05, 3.63) is 17.7 Å². The normalized spacial score (nSPS) is 26.0. The number of ether oxygens (including phenoxy) is 4. The number of morpholine rings is 1. The van der Waals surface area contributed by atoms with Crippen LogP contribution in [0.15, 0.2) is 12.1 Å². The van der Waals surface area contributed by atoms with E-state index in [1.165, 1.54) is 14.2 Å². The molecule has 2 saturated heterocycles. The average molecular weight is 350 g/mol. The van der Waals surface area contributed by atoms with Gasteiger partial charge in [0.05, 0.1) is 39.6 Å². The van der Waals surface area contributed by atoms with Gasteiger partial charge in [0.1, 0.15) is 0 Å². The first-order valence-corrected chi connectivity index (χ1v) is 8.52. The molecule has 7 nitrogen and oxygen atoms in total. The monoisotopic (exact) mass is 350 g/mol. The minimum absolute atomic E-state index is 0.101. The smallest absolute Gasteiger partial charge is 0.255 e. The van der Waals surface area contributed by atoms with E-state index in [9.17, 15) is 4.79 Å². The molecular weight excluding hydrogens is 324 g/mol. The molecule has 1 amide bonds. The number of hydrogen-bond acceptors (Lipinski definition) is 6. The first-order chi connectivity index (χ1) is 12.1. The maximum atomic E-state index is 12.8. The van der Waals surface area contributed by atoms with Gasteiger partial charge in [-0.2, -0.15) is 0 Å².